The van der Waals surface area contributed by atoms with Gasteiger partial charge in [0.25, 0.3) is 5.91 Å². The Kier molecular flexibility index (Phi) is 3.90. The lowest BCUT2D eigenvalue weighted by molar-refractivity contribution is -0.122. The molecular formula is C15H12Cl2N2O2. The summed E-state index contributed by atoms with van der Waals surface area (Å²) in [4.78, 5) is 12.3. The first kappa shape index (κ1) is 14.0. The number of amides is 1. The summed E-state index contributed by atoms with van der Waals surface area (Å²) in [5.74, 6) is 0.377. The van der Waals surface area contributed by atoms with Gasteiger partial charge in [0.2, 0.25) is 0 Å². The lowest BCUT2D eigenvalue weighted by Crippen LogP contribution is -2.41. The molecule has 0 bridgehead atoms. The second-order valence-corrected chi connectivity index (χ2v) is 5.36. The highest BCUT2D eigenvalue weighted by molar-refractivity contribution is 6.44. The molecular weight excluding hydrogens is 311 g/mol. The molecule has 0 fully saturated rings. The van der Waals surface area contributed by atoms with Crippen molar-refractivity contribution in [3.63, 3.8) is 0 Å². The molecule has 1 unspecified atom stereocenters. The van der Waals surface area contributed by atoms with Crippen LogP contribution >= 0.6 is 23.2 Å². The quantitative estimate of drug-likeness (QED) is 0.884. The molecule has 1 amide bonds. The monoisotopic (exact) mass is 322 g/mol. The van der Waals surface area contributed by atoms with Crippen LogP contribution in [-0.2, 0) is 4.79 Å². The molecule has 0 aliphatic carbocycles. The van der Waals surface area contributed by atoms with Gasteiger partial charge in [-0.05, 0) is 24.3 Å². The highest BCUT2D eigenvalue weighted by atomic mass is 35.5. The Hall–Kier alpha value is -1.91. The third-order valence-electron chi connectivity index (χ3n) is 3.14. The van der Waals surface area contributed by atoms with E-state index in [-0.39, 0.29) is 5.91 Å². The van der Waals surface area contributed by atoms with Crippen molar-refractivity contribution in [3.8, 4) is 5.75 Å². The zero-order valence-electron chi connectivity index (χ0n) is 10.9. The van der Waals surface area contributed by atoms with Crippen molar-refractivity contribution in [2.24, 2.45) is 0 Å². The predicted molar refractivity (Wildman–Crippen MR) is 84.4 cm³/mol. The third-order valence-corrected chi connectivity index (χ3v) is 3.95. The van der Waals surface area contributed by atoms with Gasteiger partial charge in [0.05, 0.1) is 28.0 Å². The Morgan fingerprint density at radius 3 is 2.86 bits per heavy atom. The number of ether oxygens (including phenoxy) is 1. The summed E-state index contributed by atoms with van der Waals surface area (Å²) >= 11 is 12.0. The molecule has 21 heavy (non-hydrogen) atoms. The number of fused-ring (bicyclic) bond motifs is 1. The number of anilines is 2. The molecule has 1 aliphatic rings. The number of rotatable bonds is 2. The van der Waals surface area contributed by atoms with E-state index >= 15 is 0 Å². The molecule has 108 valence electrons. The van der Waals surface area contributed by atoms with Crippen LogP contribution in [0.5, 0.6) is 5.75 Å². The number of benzene rings is 2. The maximum atomic E-state index is 12.3. The van der Waals surface area contributed by atoms with Crippen LogP contribution in [0.1, 0.15) is 0 Å². The van der Waals surface area contributed by atoms with Gasteiger partial charge in [-0.3, -0.25) is 4.79 Å². The fourth-order valence-corrected chi connectivity index (χ4v) is 2.42. The van der Waals surface area contributed by atoms with E-state index in [0.29, 0.717) is 28.0 Å². The van der Waals surface area contributed by atoms with Gasteiger partial charge in [0.15, 0.2) is 6.10 Å². The van der Waals surface area contributed by atoms with E-state index in [1.165, 1.54) is 0 Å². The summed E-state index contributed by atoms with van der Waals surface area (Å²) in [5.41, 5.74) is 1.35. The van der Waals surface area contributed by atoms with E-state index in [4.69, 9.17) is 27.9 Å². The number of hydrogen-bond donors (Lipinski definition) is 2. The van der Waals surface area contributed by atoms with Crippen LogP contribution in [-0.4, -0.2) is 18.6 Å². The Morgan fingerprint density at radius 1 is 1.19 bits per heavy atom. The molecule has 0 aromatic heterocycles. The maximum absolute atomic E-state index is 12.3. The number of carbonyl (C=O) groups is 1. The number of carbonyl (C=O) groups excluding carboxylic acids is 1. The molecule has 0 saturated carbocycles. The topological polar surface area (TPSA) is 50.4 Å². The molecule has 1 atom stereocenters. The third kappa shape index (κ3) is 2.91. The minimum Gasteiger partial charge on any atom is -0.477 e. The summed E-state index contributed by atoms with van der Waals surface area (Å²) in [6.07, 6.45) is -0.630. The van der Waals surface area contributed by atoms with Crippen LogP contribution < -0.4 is 15.4 Å². The van der Waals surface area contributed by atoms with Crippen molar-refractivity contribution in [1.82, 2.24) is 0 Å². The molecule has 0 spiro atoms. The van der Waals surface area contributed by atoms with Crippen LogP contribution in [0.25, 0.3) is 0 Å². The Morgan fingerprint density at radius 2 is 2.00 bits per heavy atom. The second kappa shape index (κ2) is 5.84. The van der Waals surface area contributed by atoms with Crippen LogP contribution in [0, 0.1) is 0 Å². The molecule has 0 radical (unpaired) electrons. The van der Waals surface area contributed by atoms with Gasteiger partial charge >= 0.3 is 0 Å². The smallest absolute Gasteiger partial charge is 0.267 e. The van der Waals surface area contributed by atoms with Crippen molar-refractivity contribution < 1.29 is 9.53 Å². The molecule has 1 heterocycles. The fraction of sp³-hybridized carbons (Fsp3) is 0.133. The van der Waals surface area contributed by atoms with Crippen molar-refractivity contribution in [1.29, 1.82) is 0 Å². The van der Waals surface area contributed by atoms with E-state index < -0.39 is 6.10 Å². The highest BCUT2D eigenvalue weighted by Gasteiger charge is 2.26. The Labute approximate surface area is 132 Å². The highest BCUT2D eigenvalue weighted by Crippen LogP contribution is 2.31. The summed E-state index contributed by atoms with van der Waals surface area (Å²) in [7, 11) is 0. The van der Waals surface area contributed by atoms with E-state index in [9.17, 15) is 4.79 Å². The van der Waals surface area contributed by atoms with Gasteiger partial charge in [0, 0.05) is 0 Å². The molecule has 3 rings (SSSR count). The summed E-state index contributed by atoms with van der Waals surface area (Å²) in [6.45, 7) is 0.390. The Balaban J connectivity index is 1.74. The molecule has 2 N–H and O–H groups in total. The van der Waals surface area contributed by atoms with Crippen molar-refractivity contribution in [2.75, 3.05) is 17.2 Å². The predicted octanol–water partition coefficient (Wildman–Crippen LogP) is 3.81. The maximum Gasteiger partial charge on any atom is 0.267 e. The van der Waals surface area contributed by atoms with E-state index in [0.717, 1.165) is 5.69 Å². The lowest BCUT2D eigenvalue weighted by atomic mass is 10.2. The van der Waals surface area contributed by atoms with Gasteiger partial charge in [0.1, 0.15) is 5.75 Å². The average Bonchev–Trinajstić information content (AvgIpc) is 2.51. The number of hydrogen-bond acceptors (Lipinski definition) is 3. The SMILES string of the molecule is O=C(Nc1cccc(Cl)c1Cl)C1CNc2ccccc2O1. The molecule has 4 nitrogen and oxygen atoms in total. The van der Waals surface area contributed by atoms with E-state index in [1.807, 2.05) is 24.3 Å². The number of halogens is 2. The van der Waals surface area contributed by atoms with Gasteiger partial charge < -0.3 is 15.4 Å². The van der Waals surface area contributed by atoms with Crippen molar-refractivity contribution in [3.05, 3.63) is 52.5 Å². The van der Waals surface area contributed by atoms with Crippen LogP contribution in [0.3, 0.4) is 0 Å². The fourth-order valence-electron chi connectivity index (χ4n) is 2.07. The zero-order chi connectivity index (χ0) is 14.8. The van der Waals surface area contributed by atoms with Crippen molar-refractivity contribution >= 4 is 40.5 Å². The standard InChI is InChI=1S/C15H12Cl2N2O2/c16-9-4-3-6-11(14(9)17)19-15(20)13-8-18-10-5-1-2-7-12(10)21-13/h1-7,13,18H,8H2,(H,19,20). The second-order valence-electron chi connectivity index (χ2n) is 4.57. The van der Waals surface area contributed by atoms with Gasteiger partial charge in [-0.15, -0.1) is 0 Å². The first-order valence-corrected chi connectivity index (χ1v) is 7.15. The number of para-hydroxylation sites is 2. The minimum atomic E-state index is -0.630. The van der Waals surface area contributed by atoms with Crippen LogP contribution in [0.15, 0.2) is 42.5 Å². The van der Waals surface area contributed by atoms with E-state index in [1.54, 1.807) is 18.2 Å². The van der Waals surface area contributed by atoms with Gasteiger partial charge in [-0.25, -0.2) is 0 Å². The summed E-state index contributed by atoms with van der Waals surface area (Å²) in [6, 6.07) is 12.5. The first-order valence-electron chi connectivity index (χ1n) is 6.39. The van der Waals surface area contributed by atoms with Crippen molar-refractivity contribution in [2.45, 2.75) is 6.10 Å². The molecule has 1 aliphatic heterocycles. The molecule has 6 heteroatoms. The van der Waals surface area contributed by atoms with Gasteiger partial charge in [-0.2, -0.15) is 0 Å². The molecule has 2 aromatic carbocycles. The first-order chi connectivity index (χ1) is 10.1. The number of nitrogens with one attached hydrogen (secondary N) is 2. The Bertz CT molecular complexity index is 691. The zero-order valence-corrected chi connectivity index (χ0v) is 12.4. The van der Waals surface area contributed by atoms with Gasteiger partial charge in [-0.1, -0.05) is 41.4 Å². The van der Waals surface area contributed by atoms with Crippen LogP contribution in [0.4, 0.5) is 11.4 Å². The lowest BCUT2D eigenvalue weighted by Gasteiger charge is -2.26. The molecule has 2 aromatic rings. The largest absolute Gasteiger partial charge is 0.477 e. The van der Waals surface area contributed by atoms with E-state index in [2.05, 4.69) is 10.6 Å². The summed E-state index contributed by atoms with van der Waals surface area (Å²) in [5, 5.41) is 6.60. The molecule has 0 saturated heterocycles. The minimum absolute atomic E-state index is 0.277. The van der Waals surface area contributed by atoms with Crippen LogP contribution in [0.2, 0.25) is 10.0 Å². The average molecular weight is 323 g/mol. The normalized spacial score (nSPS) is 16.4. The summed E-state index contributed by atoms with van der Waals surface area (Å²) < 4.78 is 5.69.